The molecule has 1 saturated heterocycles. The minimum Gasteiger partial charge on any atom is -0.646 e. The zero-order valence-corrected chi connectivity index (χ0v) is 13.5. The molecule has 0 radical (unpaired) electrons. The highest BCUT2D eigenvalue weighted by molar-refractivity contribution is 7.91. The maximum absolute atomic E-state index is 13.0. The number of rotatable bonds is 0. The summed E-state index contributed by atoms with van der Waals surface area (Å²) in [5.41, 5.74) is -0.184. The molecule has 0 bridgehead atoms. The largest absolute Gasteiger partial charge is 0.646 e. The summed E-state index contributed by atoms with van der Waals surface area (Å²) in [6.07, 6.45) is 2.50. The van der Waals surface area contributed by atoms with Crippen molar-refractivity contribution in [2.75, 3.05) is 0 Å². The average molecular weight is 370 g/mol. The van der Waals surface area contributed by atoms with Crippen LogP contribution >= 0.6 is 0 Å². The fourth-order valence-electron chi connectivity index (χ4n) is 3.39. The van der Waals surface area contributed by atoms with E-state index in [4.69, 9.17) is 0 Å². The van der Waals surface area contributed by atoms with Gasteiger partial charge in [0, 0.05) is 12.1 Å². The lowest BCUT2D eigenvalue weighted by molar-refractivity contribution is -0.149. The monoisotopic (exact) mass is 370 g/mol. The van der Waals surface area contributed by atoms with Crippen LogP contribution < -0.4 is 0 Å². The Morgan fingerprint density at radius 2 is 1.42 bits per heavy atom. The first kappa shape index (κ1) is 15.1. The smallest absolute Gasteiger partial charge is 0.347 e. The van der Waals surface area contributed by atoms with Gasteiger partial charge in [0.15, 0.2) is 5.78 Å². The van der Waals surface area contributed by atoms with Gasteiger partial charge in [0.25, 0.3) is 0 Å². The number of benzene rings is 1. The summed E-state index contributed by atoms with van der Waals surface area (Å²) in [5, 5.41) is 0. The van der Waals surface area contributed by atoms with Crippen LogP contribution in [0.5, 0.6) is 0 Å². The van der Waals surface area contributed by atoms with E-state index in [-0.39, 0.29) is 37.6 Å². The molecule has 2 atom stereocenters. The van der Waals surface area contributed by atoms with E-state index in [9.17, 15) is 28.5 Å². The Morgan fingerprint density at radius 3 is 2.15 bits per heavy atom. The number of ketones is 1. The van der Waals surface area contributed by atoms with Crippen LogP contribution in [0.2, 0.25) is 0 Å². The topological polar surface area (TPSA) is 127 Å². The number of carbonyl (C=O) groups excluding carboxylic acids is 5. The van der Waals surface area contributed by atoms with Gasteiger partial charge in [0.05, 0.1) is 27.8 Å². The van der Waals surface area contributed by atoms with Crippen LogP contribution in [-0.4, -0.2) is 39.1 Å². The van der Waals surface area contributed by atoms with Crippen molar-refractivity contribution in [2.24, 2.45) is 5.92 Å². The molecule has 0 amide bonds. The fourth-order valence-corrected chi connectivity index (χ4v) is 4.99. The molecule has 0 N–H and O–H groups in total. The van der Waals surface area contributed by atoms with Crippen LogP contribution in [0, 0.1) is 5.92 Å². The number of thiol groups is 1. The van der Waals surface area contributed by atoms with Crippen LogP contribution in [0.1, 0.15) is 31.1 Å². The highest BCUT2D eigenvalue weighted by atomic mass is 32.2. The van der Waals surface area contributed by atoms with Crippen molar-refractivity contribution in [3.63, 3.8) is 0 Å². The number of allylic oxidation sites excluding steroid dienone is 2. The highest BCUT2D eigenvalue weighted by Crippen LogP contribution is 2.37. The molecule has 2 unspecified atom stereocenters. The molecular weight excluding hydrogens is 364 g/mol. The van der Waals surface area contributed by atoms with E-state index in [1.807, 2.05) is 0 Å². The van der Waals surface area contributed by atoms with Gasteiger partial charge in [-0.2, -0.15) is 0 Å². The zero-order chi connectivity index (χ0) is 18.3. The molecule has 128 valence electrons. The van der Waals surface area contributed by atoms with E-state index in [0.29, 0.717) is 0 Å². The van der Waals surface area contributed by atoms with E-state index >= 15 is 0 Å². The SMILES string of the molecule is O=C1OC(=O)C2=CC3C(=O)c4cc5c(cc4[SH+]([O-])=C3C=C12)C(=O)OC5=O. The first-order valence-electron chi connectivity index (χ1n) is 7.40. The summed E-state index contributed by atoms with van der Waals surface area (Å²) in [4.78, 5) is 60.0. The molecule has 1 aromatic carbocycles. The molecule has 9 heteroatoms. The summed E-state index contributed by atoms with van der Waals surface area (Å²) < 4.78 is 22.0. The zero-order valence-electron chi connectivity index (χ0n) is 12.6. The number of Topliss-reactive ketones (excluding diaryl/α,β-unsaturated/α-hetero) is 1. The van der Waals surface area contributed by atoms with Gasteiger partial charge in [0.2, 0.25) is 0 Å². The predicted molar refractivity (Wildman–Crippen MR) is 84.1 cm³/mol. The Kier molecular flexibility index (Phi) is 2.74. The van der Waals surface area contributed by atoms with Gasteiger partial charge in [0.1, 0.15) is 15.7 Å². The fraction of sp³-hybridized carbons (Fsp3) is 0.0588. The molecule has 0 aromatic heterocycles. The van der Waals surface area contributed by atoms with Gasteiger partial charge in [-0.3, -0.25) is 4.79 Å². The molecule has 3 aliphatic heterocycles. The molecule has 5 rings (SSSR count). The minimum atomic E-state index is -2.30. The van der Waals surface area contributed by atoms with Crippen LogP contribution in [0.3, 0.4) is 0 Å². The molecule has 4 aliphatic rings. The normalized spacial score (nSPS) is 25.7. The lowest BCUT2D eigenvalue weighted by Crippen LogP contribution is -2.33. The third-order valence-electron chi connectivity index (χ3n) is 4.62. The van der Waals surface area contributed by atoms with E-state index < -0.39 is 46.3 Å². The maximum Gasteiger partial charge on any atom is 0.347 e. The van der Waals surface area contributed by atoms with Crippen LogP contribution in [-0.2, 0) is 29.8 Å². The summed E-state index contributed by atoms with van der Waals surface area (Å²) in [6.45, 7) is 0. The average Bonchev–Trinajstić information content (AvgIpc) is 3.06. The van der Waals surface area contributed by atoms with Crippen molar-refractivity contribution in [3.8, 4) is 0 Å². The molecule has 1 fully saturated rings. The van der Waals surface area contributed by atoms with Crippen LogP contribution in [0.4, 0.5) is 0 Å². The van der Waals surface area contributed by atoms with Crippen molar-refractivity contribution in [2.45, 2.75) is 4.90 Å². The number of fused-ring (bicyclic) bond motifs is 4. The van der Waals surface area contributed by atoms with Gasteiger partial charge < -0.3 is 14.0 Å². The Labute approximate surface area is 146 Å². The second kappa shape index (κ2) is 4.71. The Hall–Kier alpha value is -3.17. The number of cyclic esters (lactones) is 4. The van der Waals surface area contributed by atoms with Gasteiger partial charge in [-0.05, 0) is 12.1 Å². The third kappa shape index (κ3) is 1.73. The van der Waals surface area contributed by atoms with E-state index in [2.05, 4.69) is 9.47 Å². The van der Waals surface area contributed by atoms with E-state index in [1.165, 1.54) is 24.3 Å². The molecule has 8 nitrogen and oxygen atoms in total. The van der Waals surface area contributed by atoms with Gasteiger partial charge in [-0.1, -0.05) is 0 Å². The lowest BCUT2D eigenvalue weighted by atomic mass is 9.85. The first-order valence-corrected chi connectivity index (χ1v) is 8.66. The molecular formula is C17H6O8S. The number of hydrogen-bond donors (Lipinski definition) is 0. The second-order valence-corrected chi connectivity index (χ2v) is 7.56. The van der Waals surface area contributed by atoms with E-state index in [0.717, 1.165) is 0 Å². The Bertz CT molecular complexity index is 1130. The Morgan fingerprint density at radius 1 is 0.808 bits per heavy atom. The summed E-state index contributed by atoms with van der Waals surface area (Å²) in [6, 6.07) is 2.41. The molecule has 1 aliphatic carbocycles. The third-order valence-corrected chi connectivity index (χ3v) is 6.31. The number of carbonyl (C=O) groups is 5. The summed E-state index contributed by atoms with van der Waals surface area (Å²) >= 11 is 0. The van der Waals surface area contributed by atoms with Crippen LogP contribution in [0.25, 0.3) is 0 Å². The first-order chi connectivity index (χ1) is 12.4. The van der Waals surface area contributed by atoms with Crippen molar-refractivity contribution in [1.29, 1.82) is 0 Å². The highest BCUT2D eigenvalue weighted by Gasteiger charge is 2.44. The van der Waals surface area contributed by atoms with Crippen LogP contribution in [0.15, 0.2) is 40.3 Å². The van der Waals surface area contributed by atoms with Crippen molar-refractivity contribution in [3.05, 3.63) is 52.1 Å². The van der Waals surface area contributed by atoms with Crippen molar-refractivity contribution < 1.29 is 38.0 Å². The molecule has 0 spiro atoms. The lowest BCUT2D eigenvalue weighted by Gasteiger charge is -2.26. The number of esters is 4. The maximum atomic E-state index is 13.0. The molecule has 3 heterocycles. The van der Waals surface area contributed by atoms with Gasteiger partial charge >= 0.3 is 23.9 Å². The quantitative estimate of drug-likeness (QED) is 0.201. The van der Waals surface area contributed by atoms with Gasteiger partial charge in [-0.15, -0.1) is 10.8 Å². The molecule has 26 heavy (non-hydrogen) atoms. The summed E-state index contributed by atoms with van der Waals surface area (Å²) in [5.74, 6) is -4.97. The van der Waals surface area contributed by atoms with Crippen molar-refractivity contribution in [1.82, 2.24) is 0 Å². The molecule has 1 aromatic rings. The molecule has 0 saturated carbocycles. The summed E-state index contributed by atoms with van der Waals surface area (Å²) in [7, 11) is -2.30. The standard InChI is InChI=1S/C17H6O8S/c18-13-9-1-5-7(16(21)24-14(5)19)3-11(9)26(23)12-4-8-6(2-10(12)13)15(20)25-17(8)22/h1-4,9,26H. The number of hydrogen-bond acceptors (Lipinski definition) is 8. The van der Waals surface area contributed by atoms with Crippen molar-refractivity contribution >= 4 is 45.3 Å². The minimum absolute atomic E-state index is 0.0247. The second-order valence-electron chi connectivity index (χ2n) is 5.97. The Balaban J connectivity index is 1.77. The van der Waals surface area contributed by atoms with E-state index in [1.54, 1.807) is 0 Å². The van der Waals surface area contributed by atoms with Gasteiger partial charge in [-0.25, -0.2) is 19.2 Å². The number of ether oxygens (including phenoxy) is 2. The predicted octanol–water partition coefficient (Wildman–Crippen LogP) is -0.228.